The molecule has 0 saturated carbocycles. The first kappa shape index (κ1) is 48.4. The molecule has 0 spiro atoms. The lowest BCUT2D eigenvalue weighted by Crippen LogP contribution is -2.67. The van der Waals surface area contributed by atoms with Crippen LogP contribution >= 0.6 is 24.8 Å². The van der Waals surface area contributed by atoms with Gasteiger partial charge in [0.05, 0.1) is 19.7 Å². The summed E-state index contributed by atoms with van der Waals surface area (Å²) >= 11 is 0. The number of benzene rings is 2. The second-order valence-electron chi connectivity index (χ2n) is 13.4. The van der Waals surface area contributed by atoms with Crippen LogP contribution in [-0.2, 0) is 32.0 Å². The van der Waals surface area contributed by atoms with Crippen LogP contribution in [-0.4, -0.2) is 182 Å². The van der Waals surface area contributed by atoms with Gasteiger partial charge in [0.2, 0.25) is 0 Å². The van der Waals surface area contributed by atoms with Gasteiger partial charge in [-0.2, -0.15) is 0 Å². The minimum Gasteiger partial charge on any atom is -0.394 e. The number of hydrogen-bond acceptors (Lipinski definition) is 16. The lowest BCUT2D eigenvalue weighted by molar-refractivity contribution is -0.288. The van der Waals surface area contributed by atoms with Crippen molar-refractivity contribution in [3.05, 3.63) is 71.8 Å². The standard InChI is InChI=1S/C35H52N6O14.2ClH/c1-52-33-30(51)27(48)23(44)20(55-33)15-39-35(37-13-18-10-6-3-7-11-18)40-31-28(49)25(46)22(43)19(53-31)14-38-34(36-12-17-8-4-2-5-9-17)41-32-29(50)26(47)24(45)21(16-42)54-32;;/h2-11,19-33,42-51H,12-16H2,1H3,(H2,36,38,41)(H2,37,39,40);2*1H/t19-,20-,21-,22-,23-,24-,25+,26+,27+,28-,29-,30-,31-,32-,33+;;/m1../s1. The van der Waals surface area contributed by atoms with E-state index in [0.29, 0.717) is 0 Å². The molecule has 0 amide bonds. The van der Waals surface area contributed by atoms with E-state index in [0.717, 1.165) is 11.1 Å². The Bertz CT molecular complexity index is 1530. The Kier molecular flexibility index (Phi) is 19.5. The molecule has 14 N–H and O–H groups in total. The predicted molar refractivity (Wildman–Crippen MR) is 206 cm³/mol. The van der Waals surface area contributed by atoms with E-state index in [-0.39, 0.29) is 62.9 Å². The van der Waals surface area contributed by atoms with Gasteiger partial charge in [-0.15, -0.1) is 24.8 Å². The van der Waals surface area contributed by atoms with Crippen LogP contribution < -0.4 is 21.3 Å². The summed E-state index contributed by atoms with van der Waals surface area (Å²) in [7, 11) is 1.27. The molecule has 0 aliphatic carbocycles. The van der Waals surface area contributed by atoms with E-state index in [2.05, 4.69) is 31.3 Å². The van der Waals surface area contributed by atoms with Crippen molar-refractivity contribution < 1.29 is 70.0 Å². The molecule has 5 rings (SSSR count). The van der Waals surface area contributed by atoms with Crippen LogP contribution in [0.3, 0.4) is 0 Å². The van der Waals surface area contributed by atoms with Crippen LogP contribution in [0, 0.1) is 0 Å². The smallest absolute Gasteiger partial charge is 0.193 e. The van der Waals surface area contributed by atoms with Gasteiger partial charge in [-0.1, -0.05) is 60.7 Å². The summed E-state index contributed by atoms with van der Waals surface area (Å²) < 4.78 is 22.3. The fourth-order valence-corrected chi connectivity index (χ4v) is 6.22. The highest BCUT2D eigenvalue weighted by molar-refractivity contribution is 5.85. The highest BCUT2D eigenvalue weighted by Gasteiger charge is 2.47. The number of hydrogen-bond donors (Lipinski definition) is 14. The average molecular weight is 854 g/mol. The average Bonchev–Trinajstić information content (AvgIpc) is 3.20. The first-order chi connectivity index (χ1) is 26.4. The Morgan fingerprint density at radius 1 is 0.544 bits per heavy atom. The van der Waals surface area contributed by atoms with Crippen molar-refractivity contribution in [2.24, 2.45) is 9.98 Å². The molecule has 0 unspecified atom stereocenters. The number of aliphatic hydroxyl groups excluding tert-OH is 10. The first-order valence-corrected chi connectivity index (χ1v) is 17.8. The van der Waals surface area contributed by atoms with Gasteiger partial charge in [-0.05, 0) is 11.1 Å². The Morgan fingerprint density at radius 2 is 0.930 bits per heavy atom. The summed E-state index contributed by atoms with van der Waals surface area (Å²) in [5, 5.41) is 116. The van der Waals surface area contributed by atoms with Gasteiger partial charge in [-0.25, -0.2) is 9.98 Å². The number of halogens is 2. The summed E-state index contributed by atoms with van der Waals surface area (Å²) in [4.78, 5) is 9.04. The molecule has 15 atom stereocenters. The lowest BCUT2D eigenvalue weighted by Gasteiger charge is -2.42. The number of aliphatic hydroxyl groups is 10. The molecule has 3 fully saturated rings. The van der Waals surface area contributed by atoms with Crippen LogP contribution in [0.15, 0.2) is 70.6 Å². The molecule has 3 saturated heterocycles. The van der Waals surface area contributed by atoms with Crippen molar-refractivity contribution in [1.29, 1.82) is 0 Å². The summed E-state index contributed by atoms with van der Waals surface area (Å²) in [6.45, 7) is -0.805. The second kappa shape index (κ2) is 23.0. The van der Waals surface area contributed by atoms with Crippen molar-refractivity contribution in [2.45, 2.75) is 105 Å². The quantitative estimate of drug-likeness (QED) is 0.0706. The second-order valence-corrected chi connectivity index (χ2v) is 13.4. The van der Waals surface area contributed by atoms with Crippen molar-refractivity contribution in [2.75, 3.05) is 26.8 Å². The van der Waals surface area contributed by atoms with Gasteiger partial charge in [0.25, 0.3) is 0 Å². The molecule has 20 nitrogen and oxygen atoms in total. The monoisotopic (exact) mass is 852 g/mol. The normalized spacial score (nSPS) is 35.9. The highest BCUT2D eigenvalue weighted by atomic mass is 35.5. The van der Waals surface area contributed by atoms with Crippen molar-refractivity contribution >= 4 is 36.7 Å². The fourth-order valence-electron chi connectivity index (χ4n) is 6.22. The molecular formula is C35H54Cl2N6O14. The van der Waals surface area contributed by atoms with Crippen LogP contribution in [0.5, 0.6) is 0 Å². The van der Waals surface area contributed by atoms with Gasteiger partial charge < -0.3 is 91.3 Å². The number of nitrogens with zero attached hydrogens (tertiary/aromatic N) is 2. The highest BCUT2D eigenvalue weighted by Crippen LogP contribution is 2.23. The van der Waals surface area contributed by atoms with Gasteiger partial charge in [0, 0.05) is 20.2 Å². The maximum absolute atomic E-state index is 11.0. The van der Waals surface area contributed by atoms with Crippen molar-refractivity contribution in [1.82, 2.24) is 21.3 Å². The van der Waals surface area contributed by atoms with Gasteiger partial charge >= 0.3 is 0 Å². The summed E-state index contributed by atoms with van der Waals surface area (Å²) in [6.07, 6.45) is -22.0. The summed E-state index contributed by atoms with van der Waals surface area (Å²) in [6, 6.07) is 18.3. The van der Waals surface area contributed by atoms with E-state index in [9.17, 15) is 51.1 Å². The third kappa shape index (κ3) is 12.5. The largest absolute Gasteiger partial charge is 0.394 e. The Morgan fingerprint density at radius 3 is 1.35 bits per heavy atom. The molecule has 0 aromatic heterocycles. The SMILES string of the molecule is CO[C@H]1O[C@H](CNC(=NCc2ccccc2)N[C@@H]2O[C@H](CNC(=NCc3ccccc3)N[C@@H]3O[C@H](CO)[C@@H](O)[C@H](O)[C@H]3O)[C@@H](O)[C@H](O)[C@H]2O)[C@@H](O)[C@H](O)[C@H]1O.Cl.Cl. The molecule has 57 heavy (non-hydrogen) atoms. The van der Waals surface area contributed by atoms with E-state index in [4.69, 9.17) is 18.9 Å². The van der Waals surface area contributed by atoms with Crippen LogP contribution in [0.25, 0.3) is 0 Å². The number of guanidine groups is 2. The maximum Gasteiger partial charge on any atom is 0.193 e. The molecular weight excluding hydrogens is 799 g/mol. The third-order valence-corrected chi connectivity index (χ3v) is 9.53. The topological polar surface area (TPSA) is 312 Å². The van der Waals surface area contributed by atoms with Gasteiger partial charge in [0.1, 0.15) is 73.2 Å². The zero-order chi connectivity index (χ0) is 39.6. The Balaban J connectivity index is 0.00000435. The van der Waals surface area contributed by atoms with E-state index >= 15 is 0 Å². The van der Waals surface area contributed by atoms with E-state index in [1.54, 1.807) is 0 Å². The fraction of sp³-hybridized carbons (Fsp3) is 0.600. The van der Waals surface area contributed by atoms with Crippen molar-refractivity contribution in [3.63, 3.8) is 0 Å². The Labute approximate surface area is 341 Å². The molecule has 2 aromatic carbocycles. The number of nitrogens with one attached hydrogen (secondary N) is 4. The Hall–Kier alpha value is -3.00. The lowest BCUT2D eigenvalue weighted by atomic mass is 9.97. The summed E-state index contributed by atoms with van der Waals surface area (Å²) in [5.74, 6) is 0.0107. The number of methoxy groups -OCH3 is 1. The maximum atomic E-state index is 11.0. The van der Waals surface area contributed by atoms with Crippen molar-refractivity contribution in [3.8, 4) is 0 Å². The molecule has 3 aliphatic rings. The van der Waals surface area contributed by atoms with Crippen LogP contribution in [0.2, 0.25) is 0 Å². The van der Waals surface area contributed by atoms with Crippen LogP contribution in [0.1, 0.15) is 11.1 Å². The van der Waals surface area contributed by atoms with E-state index in [1.165, 1.54) is 7.11 Å². The summed E-state index contributed by atoms with van der Waals surface area (Å²) in [5.41, 5.74) is 1.62. The van der Waals surface area contributed by atoms with E-state index < -0.39 is 98.6 Å². The van der Waals surface area contributed by atoms with Gasteiger partial charge in [0.15, 0.2) is 30.7 Å². The molecule has 3 heterocycles. The number of aliphatic imine (C=N–C) groups is 2. The number of ether oxygens (including phenoxy) is 4. The molecule has 0 bridgehead atoms. The predicted octanol–water partition coefficient (Wildman–Crippen LogP) is -4.64. The molecule has 322 valence electrons. The minimum absolute atomic E-state index is 0. The zero-order valence-electron chi connectivity index (χ0n) is 30.8. The molecule has 22 heteroatoms. The minimum atomic E-state index is -1.72. The van der Waals surface area contributed by atoms with E-state index in [1.807, 2.05) is 60.7 Å². The molecule has 3 aliphatic heterocycles. The third-order valence-electron chi connectivity index (χ3n) is 9.53. The van der Waals surface area contributed by atoms with Gasteiger partial charge in [-0.3, -0.25) is 0 Å². The molecule has 0 radical (unpaired) electrons. The molecule has 2 aromatic rings. The zero-order valence-corrected chi connectivity index (χ0v) is 32.4. The van der Waals surface area contributed by atoms with Crippen LogP contribution in [0.4, 0.5) is 0 Å². The number of rotatable bonds is 12. The first-order valence-electron chi connectivity index (χ1n) is 17.8.